The fourth-order valence-corrected chi connectivity index (χ4v) is 4.51. The summed E-state index contributed by atoms with van der Waals surface area (Å²) in [6, 6.07) is 8.77. The molecule has 1 aromatic carbocycles. The molecule has 1 unspecified atom stereocenters. The third-order valence-corrected chi connectivity index (χ3v) is 6.17. The Hall–Kier alpha value is -1.65. The maximum atomic E-state index is 13.3. The van der Waals surface area contributed by atoms with Crippen LogP contribution in [0.2, 0.25) is 5.02 Å². The van der Waals surface area contributed by atoms with E-state index in [1.54, 1.807) is 24.5 Å². The van der Waals surface area contributed by atoms with Crippen LogP contribution >= 0.6 is 11.6 Å². The first-order valence-corrected chi connectivity index (χ1v) is 9.22. The number of rotatable bonds is 3. The van der Waals surface area contributed by atoms with Crippen LogP contribution in [0.4, 0.5) is 10.1 Å². The Morgan fingerprint density at radius 2 is 2.00 bits per heavy atom. The van der Waals surface area contributed by atoms with E-state index in [1.807, 2.05) is 12.1 Å². The van der Waals surface area contributed by atoms with Crippen LogP contribution in [0.3, 0.4) is 0 Å². The molecule has 1 spiro atoms. The van der Waals surface area contributed by atoms with Gasteiger partial charge in [0.25, 0.3) is 0 Å². The summed E-state index contributed by atoms with van der Waals surface area (Å²) in [6.07, 6.45) is 7.40. The Morgan fingerprint density at radius 3 is 2.64 bits per heavy atom. The van der Waals surface area contributed by atoms with Gasteiger partial charge < -0.3 is 10.0 Å². The van der Waals surface area contributed by atoms with Crippen LogP contribution in [-0.4, -0.2) is 23.2 Å². The zero-order chi connectivity index (χ0) is 17.4. The fraction of sp³-hybridized carbons (Fsp3) is 0.450. The molecule has 25 heavy (non-hydrogen) atoms. The second-order valence-corrected chi connectivity index (χ2v) is 7.93. The van der Waals surface area contributed by atoms with Gasteiger partial charge in [0.15, 0.2) is 0 Å². The minimum absolute atomic E-state index is 0.182. The van der Waals surface area contributed by atoms with Crippen LogP contribution in [0.1, 0.15) is 37.4 Å². The van der Waals surface area contributed by atoms with E-state index in [4.69, 9.17) is 11.6 Å². The van der Waals surface area contributed by atoms with Crippen molar-refractivity contribution in [2.45, 2.75) is 31.8 Å². The van der Waals surface area contributed by atoms with Crippen LogP contribution in [0.25, 0.3) is 0 Å². The number of aliphatic hydroxyl groups excluding tert-OH is 1. The molecule has 1 saturated carbocycles. The molecule has 2 aromatic rings. The summed E-state index contributed by atoms with van der Waals surface area (Å²) in [4.78, 5) is 6.38. The average Bonchev–Trinajstić information content (AvgIpc) is 2.62. The molecule has 1 aliphatic heterocycles. The summed E-state index contributed by atoms with van der Waals surface area (Å²) in [7, 11) is 0. The van der Waals surface area contributed by atoms with Crippen molar-refractivity contribution in [3.8, 4) is 0 Å². The lowest BCUT2D eigenvalue weighted by Crippen LogP contribution is -2.58. The third-order valence-electron chi connectivity index (χ3n) is 5.88. The molecule has 5 heteroatoms. The molecule has 3 nitrogen and oxygen atoms in total. The van der Waals surface area contributed by atoms with Crippen LogP contribution in [0.15, 0.2) is 42.7 Å². The second kappa shape index (κ2) is 6.58. The molecule has 2 aliphatic rings. The number of halogens is 2. The Morgan fingerprint density at radius 1 is 1.24 bits per heavy atom. The van der Waals surface area contributed by atoms with Crippen molar-refractivity contribution in [2.24, 2.45) is 11.3 Å². The normalized spacial score (nSPS) is 21.2. The van der Waals surface area contributed by atoms with Gasteiger partial charge >= 0.3 is 0 Å². The highest BCUT2D eigenvalue weighted by atomic mass is 35.5. The van der Waals surface area contributed by atoms with Crippen molar-refractivity contribution in [2.75, 3.05) is 18.0 Å². The van der Waals surface area contributed by atoms with E-state index in [2.05, 4.69) is 9.88 Å². The molecule has 1 aliphatic carbocycles. The van der Waals surface area contributed by atoms with Gasteiger partial charge in [-0.1, -0.05) is 17.7 Å². The number of aromatic nitrogens is 1. The SMILES string of the molecule is OC(c1cccnc1)C1CCC2(CC1)CN(c1ccc(F)c(Cl)c1)C2. The van der Waals surface area contributed by atoms with Gasteiger partial charge in [0, 0.05) is 36.6 Å². The zero-order valence-electron chi connectivity index (χ0n) is 14.0. The number of anilines is 1. The molecule has 1 aromatic heterocycles. The molecule has 2 heterocycles. The van der Waals surface area contributed by atoms with Crippen molar-refractivity contribution < 1.29 is 9.50 Å². The van der Waals surface area contributed by atoms with Crippen LogP contribution in [-0.2, 0) is 0 Å². The number of pyridine rings is 1. The molecular formula is C20H22ClFN2O. The minimum atomic E-state index is -0.418. The molecule has 0 bridgehead atoms. The quantitative estimate of drug-likeness (QED) is 0.868. The summed E-state index contributed by atoms with van der Waals surface area (Å²) < 4.78 is 13.3. The molecule has 1 atom stereocenters. The maximum Gasteiger partial charge on any atom is 0.141 e. The van der Waals surface area contributed by atoms with E-state index < -0.39 is 6.10 Å². The molecule has 2 fully saturated rings. The molecule has 132 valence electrons. The van der Waals surface area contributed by atoms with Crippen molar-refractivity contribution in [3.63, 3.8) is 0 Å². The van der Waals surface area contributed by atoms with Gasteiger partial charge in [0.05, 0.1) is 11.1 Å². The van der Waals surface area contributed by atoms with E-state index in [1.165, 1.54) is 6.07 Å². The largest absolute Gasteiger partial charge is 0.388 e. The van der Waals surface area contributed by atoms with Gasteiger partial charge in [-0.15, -0.1) is 0 Å². The number of hydrogen-bond acceptors (Lipinski definition) is 3. The second-order valence-electron chi connectivity index (χ2n) is 7.52. The van der Waals surface area contributed by atoms with Gasteiger partial charge in [-0.05, 0) is 61.4 Å². The van der Waals surface area contributed by atoms with Gasteiger partial charge in [-0.3, -0.25) is 4.98 Å². The summed E-state index contributed by atoms with van der Waals surface area (Å²) in [5.74, 6) is -0.0605. The Kier molecular flexibility index (Phi) is 4.42. The highest BCUT2D eigenvalue weighted by molar-refractivity contribution is 6.31. The average molecular weight is 361 g/mol. The van der Waals surface area contributed by atoms with Crippen LogP contribution in [0, 0.1) is 17.2 Å². The fourth-order valence-electron chi connectivity index (χ4n) is 4.34. The first kappa shape index (κ1) is 16.8. The zero-order valence-corrected chi connectivity index (χ0v) is 14.8. The lowest BCUT2D eigenvalue weighted by atomic mass is 9.64. The Balaban J connectivity index is 1.34. The van der Waals surface area contributed by atoms with E-state index in [0.717, 1.165) is 50.0 Å². The van der Waals surface area contributed by atoms with E-state index in [9.17, 15) is 9.50 Å². The van der Waals surface area contributed by atoms with Crippen molar-refractivity contribution >= 4 is 17.3 Å². The molecule has 4 rings (SSSR count). The number of hydrogen-bond donors (Lipinski definition) is 1. The molecule has 0 radical (unpaired) electrons. The molecule has 0 amide bonds. The first-order valence-electron chi connectivity index (χ1n) is 8.84. The van der Waals surface area contributed by atoms with Crippen molar-refractivity contribution in [1.29, 1.82) is 0 Å². The highest BCUT2D eigenvalue weighted by Gasteiger charge is 2.46. The summed E-state index contributed by atoms with van der Waals surface area (Å²) in [5.41, 5.74) is 2.25. The molecular weight excluding hydrogens is 339 g/mol. The highest BCUT2D eigenvalue weighted by Crippen LogP contribution is 2.49. The number of nitrogens with zero attached hydrogens (tertiary/aromatic N) is 2. The van der Waals surface area contributed by atoms with Crippen molar-refractivity contribution in [3.05, 3.63) is 59.1 Å². The van der Waals surface area contributed by atoms with E-state index >= 15 is 0 Å². The third kappa shape index (κ3) is 3.25. The first-order chi connectivity index (χ1) is 12.1. The minimum Gasteiger partial charge on any atom is -0.388 e. The number of aliphatic hydroxyl groups is 1. The van der Waals surface area contributed by atoms with Crippen molar-refractivity contribution in [1.82, 2.24) is 4.98 Å². The van der Waals surface area contributed by atoms with Gasteiger partial charge in [0.1, 0.15) is 5.82 Å². The predicted molar refractivity (Wildman–Crippen MR) is 97.2 cm³/mol. The summed E-state index contributed by atoms with van der Waals surface area (Å²) >= 11 is 5.89. The monoisotopic (exact) mass is 360 g/mol. The van der Waals surface area contributed by atoms with Gasteiger partial charge in [0.2, 0.25) is 0 Å². The van der Waals surface area contributed by atoms with Crippen LogP contribution in [0.5, 0.6) is 0 Å². The number of benzene rings is 1. The van der Waals surface area contributed by atoms with Crippen LogP contribution < -0.4 is 4.90 Å². The van der Waals surface area contributed by atoms with E-state index in [-0.39, 0.29) is 10.8 Å². The topological polar surface area (TPSA) is 36.4 Å². The molecule has 1 N–H and O–H groups in total. The standard InChI is InChI=1S/C20H22ClFN2O/c21-17-10-16(3-4-18(17)22)24-12-20(13-24)7-5-14(6-8-20)19(25)15-2-1-9-23-11-15/h1-4,9-11,14,19,25H,5-8,12-13H2. The van der Waals surface area contributed by atoms with Gasteiger partial charge in [-0.25, -0.2) is 4.39 Å². The molecule has 1 saturated heterocycles. The summed E-state index contributed by atoms with van der Waals surface area (Å²) in [6.45, 7) is 1.98. The maximum absolute atomic E-state index is 13.3. The van der Waals surface area contributed by atoms with E-state index in [0.29, 0.717) is 11.3 Å². The van der Waals surface area contributed by atoms with Gasteiger partial charge in [-0.2, -0.15) is 0 Å². The smallest absolute Gasteiger partial charge is 0.141 e. The Labute approximate surface area is 152 Å². The predicted octanol–water partition coefficient (Wildman–Crippen LogP) is 4.60. The lowest BCUT2D eigenvalue weighted by molar-refractivity contribution is 0.0332. The lowest BCUT2D eigenvalue weighted by Gasteiger charge is -2.55. The Bertz CT molecular complexity index is 739. The summed E-state index contributed by atoms with van der Waals surface area (Å²) in [5, 5.41) is 10.8.